The monoisotopic (exact) mass is 282 g/mol. The first-order valence-electron chi connectivity index (χ1n) is 6.55. The summed E-state index contributed by atoms with van der Waals surface area (Å²) in [5.74, 6) is -0.175. The molecule has 1 saturated heterocycles. The summed E-state index contributed by atoms with van der Waals surface area (Å²) in [5.41, 5.74) is 1.16. The summed E-state index contributed by atoms with van der Waals surface area (Å²) in [7, 11) is 0. The number of hydrogen-bond acceptors (Lipinski definition) is 3. The van der Waals surface area contributed by atoms with Crippen molar-refractivity contribution in [2.45, 2.75) is 6.42 Å². The lowest BCUT2D eigenvalue weighted by Gasteiger charge is -2.34. The maximum Gasteiger partial charge on any atom is 0.248 e. The molecule has 0 saturated carbocycles. The number of rotatable bonds is 4. The molecular formula is C14H19ClN2O2. The highest BCUT2D eigenvalue weighted by Crippen LogP contribution is 2.16. The van der Waals surface area contributed by atoms with Crippen LogP contribution < -0.4 is 0 Å². The van der Waals surface area contributed by atoms with Gasteiger partial charge in [0, 0.05) is 37.7 Å². The summed E-state index contributed by atoms with van der Waals surface area (Å²) in [6.45, 7) is 3.67. The highest BCUT2D eigenvalue weighted by atomic mass is 35.5. The number of carbonyl (C=O) groups excluding carboxylic acids is 1. The lowest BCUT2D eigenvalue weighted by atomic mass is 10.1. The van der Waals surface area contributed by atoms with E-state index in [1.54, 1.807) is 4.90 Å². The van der Waals surface area contributed by atoms with Gasteiger partial charge in [0.1, 0.15) is 6.61 Å². The lowest BCUT2D eigenvalue weighted by molar-refractivity contribution is -0.135. The van der Waals surface area contributed by atoms with Crippen LogP contribution in [0.3, 0.4) is 0 Å². The van der Waals surface area contributed by atoms with Crippen molar-refractivity contribution in [3.05, 3.63) is 34.9 Å². The predicted molar refractivity (Wildman–Crippen MR) is 75.3 cm³/mol. The molecule has 4 nitrogen and oxygen atoms in total. The Bertz CT molecular complexity index is 431. The Kier molecular flexibility index (Phi) is 5.19. The quantitative estimate of drug-likeness (QED) is 0.897. The Labute approximate surface area is 118 Å². The Morgan fingerprint density at radius 2 is 1.89 bits per heavy atom. The Hall–Kier alpha value is -1.10. The average Bonchev–Trinajstić information content (AvgIpc) is 2.46. The van der Waals surface area contributed by atoms with Crippen LogP contribution in [0.15, 0.2) is 24.3 Å². The third-order valence-corrected chi connectivity index (χ3v) is 3.88. The van der Waals surface area contributed by atoms with Crippen LogP contribution in [0.4, 0.5) is 0 Å². The van der Waals surface area contributed by atoms with E-state index in [0.29, 0.717) is 13.1 Å². The van der Waals surface area contributed by atoms with Crippen LogP contribution in [-0.4, -0.2) is 60.1 Å². The molecule has 104 valence electrons. The summed E-state index contributed by atoms with van der Waals surface area (Å²) in [6, 6.07) is 7.90. The van der Waals surface area contributed by atoms with Gasteiger partial charge < -0.3 is 10.0 Å². The Balaban J connectivity index is 1.77. The smallest absolute Gasteiger partial charge is 0.248 e. The van der Waals surface area contributed by atoms with Gasteiger partial charge in [-0.2, -0.15) is 0 Å². The zero-order chi connectivity index (χ0) is 13.7. The molecule has 1 heterocycles. The SMILES string of the molecule is O=C(CO)N1CCN(CCc2ccccc2Cl)CC1. The van der Waals surface area contributed by atoms with Gasteiger partial charge in [0.2, 0.25) is 5.91 Å². The molecule has 1 aliphatic rings. The number of aliphatic hydroxyl groups is 1. The highest BCUT2D eigenvalue weighted by Gasteiger charge is 2.20. The van der Waals surface area contributed by atoms with Gasteiger partial charge in [-0.15, -0.1) is 0 Å². The van der Waals surface area contributed by atoms with E-state index in [2.05, 4.69) is 4.90 Å². The summed E-state index contributed by atoms with van der Waals surface area (Å²) in [5, 5.41) is 9.63. The number of hydrogen-bond donors (Lipinski definition) is 1. The molecule has 19 heavy (non-hydrogen) atoms. The third kappa shape index (κ3) is 3.93. The molecule has 0 atom stereocenters. The van der Waals surface area contributed by atoms with E-state index >= 15 is 0 Å². The van der Waals surface area contributed by atoms with Gasteiger partial charge in [0.15, 0.2) is 0 Å². The van der Waals surface area contributed by atoms with Crippen molar-refractivity contribution in [1.82, 2.24) is 9.80 Å². The number of carbonyl (C=O) groups is 1. The lowest BCUT2D eigenvalue weighted by Crippen LogP contribution is -2.49. The first kappa shape index (κ1) is 14.3. The first-order chi connectivity index (χ1) is 9.20. The van der Waals surface area contributed by atoms with Crippen LogP contribution in [-0.2, 0) is 11.2 Å². The van der Waals surface area contributed by atoms with Crippen molar-refractivity contribution in [2.75, 3.05) is 39.3 Å². The second-order valence-electron chi connectivity index (χ2n) is 4.72. The van der Waals surface area contributed by atoms with Crippen LogP contribution >= 0.6 is 11.6 Å². The number of halogens is 1. The zero-order valence-corrected chi connectivity index (χ0v) is 11.6. The van der Waals surface area contributed by atoms with Crippen LogP contribution in [0, 0.1) is 0 Å². The van der Waals surface area contributed by atoms with Gasteiger partial charge >= 0.3 is 0 Å². The number of benzene rings is 1. The second kappa shape index (κ2) is 6.89. The van der Waals surface area contributed by atoms with Crippen molar-refractivity contribution >= 4 is 17.5 Å². The summed E-state index contributed by atoms with van der Waals surface area (Å²) in [4.78, 5) is 15.4. The molecule has 1 aromatic rings. The van der Waals surface area contributed by atoms with Gasteiger partial charge in [-0.1, -0.05) is 29.8 Å². The molecule has 1 aromatic carbocycles. The fourth-order valence-electron chi connectivity index (χ4n) is 2.30. The minimum Gasteiger partial charge on any atom is -0.387 e. The van der Waals surface area contributed by atoms with Gasteiger partial charge in [-0.25, -0.2) is 0 Å². The van der Waals surface area contributed by atoms with E-state index in [0.717, 1.165) is 36.6 Å². The molecule has 0 aromatic heterocycles. The minimum absolute atomic E-state index is 0.175. The summed E-state index contributed by atoms with van der Waals surface area (Å²) in [6.07, 6.45) is 0.924. The normalized spacial score (nSPS) is 16.6. The Morgan fingerprint density at radius 1 is 1.21 bits per heavy atom. The van der Waals surface area contributed by atoms with E-state index in [1.807, 2.05) is 24.3 Å². The average molecular weight is 283 g/mol. The number of nitrogens with zero attached hydrogens (tertiary/aromatic N) is 2. The molecule has 0 unspecified atom stereocenters. The maximum atomic E-state index is 11.3. The standard InChI is InChI=1S/C14H19ClN2O2/c15-13-4-2-1-3-12(13)5-6-16-7-9-17(10-8-16)14(19)11-18/h1-4,18H,5-11H2. The minimum atomic E-state index is -0.389. The second-order valence-corrected chi connectivity index (χ2v) is 5.13. The molecule has 2 rings (SSSR count). The van der Waals surface area contributed by atoms with Crippen LogP contribution in [0.2, 0.25) is 5.02 Å². The molecule has 1 amide bonds. The van der Waals surface area contributed by atoms with Crippen molar-refractivity contribution < 1.29 is 9.90 Å². The van der Waals surface area contributed by atoms with Gasteiger partial charge in [0.25, 0.3) is 0 Å². The molecule has 1 N–H and O–H groups in total. The van der Waals surface area contributed by atoms with E-state index in [9.17, 15) is 4.79 Å². The van der Waals surface area contributed by atoms with Crippen molar-refractivity contribution in [3.8, 4) is 0 Å². The zero-order valence-electron chi connectivity index (χ0n) is 10.9. The molecule has 1 aliphatic heterocycles. The highest BCUT2D eigenvalue weighted by molar-refractivity contribution is 6.31. The molecule has 0 bridgehead atoms. The predicted octanol–water partition coefficient (Wildman–Crippen LogP) is 1.02. The number of piperazine rings is 1. The van der Waals surface area contributed by atoms with Crippen LogP contribution in [0.25, 0.3) is 0 Å². The maximum absolute atomic E-state index is 11.3. The molecule has 0 radical (unpaired) electrons. The van der Waals surface area contributed by atoms with Crippen molar-refractivity contribution in [1.29, 1.82) is 0 Å². The Morgan fingerprint density at radius 3 is 2.53 bits per heavy atom. The summed E-state index contributed by atoms with van der Waals surface area (Å²) < 4.78 is 0. The van der Waals surface area contributed by atoms with Crippen molar-refractivity contribution in [2.24, 2.45) is 0 Å². The first-order valence-corrected chi connectivity index (χ1v) is 6.93. The largest absolute Gasteiger partial charge is 0.387 e. The molecular weight excluding hydrogens is 264 g/mol. The van der Waals surface area contributed by atoms with E-state index in [4.69, 9.17) is 16.7 Å². The molecule has 1 fully saturated rings. The summed E-state index contributed by atoms with van der Waals surface area (Å²) >= 11 is 6.13. The topological polar surface area (TPSA) is 43.8 Å². The van der Waals surface area contributed by atoms with Gasteiger partial charge in [-0.05, 0) is 18.1 Å². The molecule has 0 spiro atoms. The number of aliphatic hydroxyl groups excluding tert-OH is 1. The van der Waals surface area contributed by atoms with Crippen LogP contribution in [0.5, 0.6) is 0 Å². The van der Waals surface area contributed by atoms with Crippen molar-refractivity contribution in [3.63, 3.8) is 0 Å². The van der Waals surface area contributed by atoms with E-state index in [1.165, 1.54) is 0 Å². The van der Waals surface area contributed by atoms with Gasteiger partial charge in [0.05, 0.1) is 0 Å². The fourth-order valence-corrected chi connectivity index (χ4v) is 2.53. The third-order valence-electron chi connectivity index (χ3n) is 3.52. The van der Waals surface area contributed by atoms with Crippen LogP contribution in [0.1, 0.15) is 5.56 Å². The van der Waals surface area contributed by atoms with Gasteiger partial charge in [-0.3, -0.25) is 9.69 Å². The molecule has 0 aliphatic carbocycles. The fraction of sp³-hybridized carbons (Fsp3) is 0.500. The number of amides is 1. The molecule has 5 heteroatoms. The van der Waals surface area contributed by atoms with E-state index < -0.39 is 0 Å². The van der Waals surface area contributed by atoms with E-state index in [-0.39, 0.29) is 12.5 Å².